The average Bonchev–Trinajstić information content (AvgIpc) is 2.77. The summed E-state index contributed by atoms with van der Waals surface area (Å²) in [5, 5.41) is 4.10. The van der Waals surface area contributed by atoms with Gasteiger partial charge in [0.25, 0.3) is 0 Å². The summed E-state index contributed by atoms with van der Waals surface area (Å²) in [7, 11) is 0.622. The Hall–Kier alpha value is -0.440. The number of hydrogen-bond acceptors (Lipinski definition) is 4. The van der Waals surface area contributed by atoms with E-state index in [0.29, 0.717) is 6.61 Å². The van der Waals surface area contributed by atoms with Gasteiger partial charge in [0.15, 0.2) is 4.75 Å². The van der Waals surface area contributed by atoms with E-state index >= 15 is 0 Å². The molecule has 22 heavy (non-hydrogen) atoms. The summed E-state index contributed by atoms with van der Waals surface area (Å²) in [4.78, 5) is 4.27. The van der Waals surface area contributed by atoms with Gasteiger partial charge in [-0.05, 0) is 41.5 Å². The second kappa shape index (κ2) is 7.42. The molecule has 1 heterocycles. The van der Waals surface area contributed by atoms with Crippen LogP contribution in [0.25, 0.3) is 0 Å². The fourth-order valence-electron chi connectivity index (χ4n) is 1.43. The smallest absolute Gasteiger partial charge is 0.152 e. The Labute approximate surface area is 139 Å². The van der Waals surface area contributed by atoms with Gasteiger partial charge < -0.3 is 0 Å². The van der Waals surface area contributed by atoms with Gasteiger partial charge in [-0.2, -0.15) is 9.28 Å². The third kappa shape index (κ3) is 5.64. The summed E-state index contributed by atoms with van der Waals surface area (Å²) >= 11 is -0.209. The summed E-state index contributed by atoms with van der Waals surface area (Å²) in [5.74, 6) is 0.725. The van der Waals surface area contributed by atoms with Crippen LogP contribution in [-0.4, -0.2) is 41.3 Å². The third-order valence-electron chi connectivity index (χ3n) is 3.14. The van der Waals surface area contributed by atoms with Crippen LogP contribution in [0.3, 0.4) is 0 Å². The first-order valence-electron chi connectivity index (χ1n) is 7.24. The minimum absolute atomic E-state index is 0.0770. The quantitative estimate of drug-likeness (QED) is 0.796. The van der Waals surface area contributed by atoms with Crippen LogP contribution in [0.15, 0.2) is 6.33 Å². The molecule has 1 aromatic rings. The van der Waals surface area contributed by atoms with Crippen molar-refractivity contribution in [1.29, 1.82) is 0 Å². The second-order valence-corrected chi connectivity index (χ2v) is 11.5. The Kier molecular flexibility index (Phi) is 6.61. The van der Waals surface area contributed by atoms with Gasteiger partial charge in [-0.1, -0.05) is 0 Å². The van der Waals surface area contributed by atoms with Crippen molar-refractivity contribution in [1.82, 2.24) is 19.5 Å². The zero-order valence-corrected chi connectivity index (χ0v) is 16.5. The zero-order valence-electron chi connectivity index (χ0n) is 14.8. The van der Waals surface area contributed by atoms with Gasteiger partial charge in [0.2, 0.25) is 0 Å². The van der Waals surface area contributed by atoms with E-state index < -0.39 is 11.0 Å². The van der Waals surface area contributed by atoms with E-state index in [9.17, 15) is 4.21 Å². The predicted molar refractivity (Wildman–Crippen MR) is 93.8 cm³/mol. The Morgan fingerprint density at radius 2 is 1.95 bits per heavy atom. The molecule has 0 radical (unpaired) electrons. The van der Waals surface area contributed by atoms with E-state index in [1.54, 1.807) is 4.68 Å². The third-order valence-corrected chi connectivity index (χ3v) is 6.96. The lowest BCUT2D eigenvalue weighted by atomic mass is 10.3. The van der Waals surface area contributed by atoms with Gasteiger partial charge in [0.1, 0.15) is 42.2 Å². The first-order valence-corrected chi connectivity index (χ1v) is 9.95. The molecule has 3 atom stereocenters. The number of aryl methyl sites for hydroxylation is 1. The molecular formula is C14H29N4O2S2+. The minimum Gasteiger partial charge on any atom is -0.252 e. The molecule has 0 spiro atoms. The highest BCUT2D eigenvalue weighted by atomic mass is 32.2. The molecule has 0 aliphatic carbocycles. The molecule has 0 saturated carbocycles. The first kappa shape index (κ1) is 19.6. The van der Waals surface area contributed by atoms with Crippen LogP contribution in [-0.2, 0) is 33.4 Å². The molecule has 1 aromatic heterocycles. The summed E-state index contributed by atoms with van der Waals surface area (Å²) in [6.07, 6.45) is 3.58. The molecule has 1 rings (SSSR count). The monoisotopic (exact) mass is 349 g/mol. The number of rotatable bonds is 6. The highest BCUT2D eigenvalue weighted by Crippen LogP contribution is 2.21. The molecule has 6 nitrogen and oxygen atoms in total. The van der Waals surface area contributed by atoms with E-state index in [0.717, 1.165) is 5.82 Å². The molecule has 0 amide bonds. The van der Waals surface area contributed by atoms with Crippen molar-refractivity contribution in [2.45, 2.75) is 57.1 Å². The van der Waals surface area contributed by atoms with Crippen molar-refractivity contribution in [3.63, 3.8) is 0 Å². The predicted octanol–water partition coefficient (Wildman–Crippen LogP) is 1.89. The van der Waals surface area contributed by atoms with Crippen LogP contribution >= 0.6 is 0 Å². The van der Waals surface area contributed by atoms with Crippen molar-refractivity contribution < 1.29 is 8.39 Å². The second-order valence-electron chi connectivity index (χ2n) is 7.14. The van der Waals surface area contributed by atoms with Crippen LogP contribution in [0.4, 0.5) is 0 Å². The van der Waals surface area contributed by atoms with Crippen molar-refractivity contribution in [2.24, 2.45) is 7.05 Å². The minimum atomic E-state index is -1.20. The molecule has 1 N–H and O–H groups in total. The van der Waals surface area contributed by atoms with Gasteiger partial charge in [-0.15, -0.1) is 0 Å². The van der Waals surface area contributed by atoms with Crippen LogP contribution in [0, 0.1) is 0 Å². The SMILES string of the molecule is Cn1ncnc1[C@@H](CO[S+](C)C(C)(C)C)N[S@](=O)C(C)(C)C. The van der Waals surface area contributed by atoms with Crippen molar-refractivity contribution in [3.8, 4) is 0 Å². The molecular weight excluding hydrogens is 320 g/mol. The zero-order chi connectivity index (χ0) is 17.1. The lowest BCUT2D eigenvalue weighted by molar-refractivity contribution is 0.302. The van der Waals surface area contributed by atoms with Gasteiger partial charge in [-0.3, -0.25) is 4.68 Å². The Bertz CT molecular complexity index is 506. The molecule has 128 valence electrons. The van der Waals surface area contributed by atoms with Crippen molar-refractivity contribution >= 4 is 22.2 Å². The molecule has 0 aliphatic rings. The highest BCUT2D eigenvalue weighted by Gasteiger charge is 2.34. The molecule has 0 bridgehead atoms. The molecule has 0 fully saturated rings. The van der Waals surface area contributed by atoms with E-state index in [-0.39, 0.29) is 26.7 Å². The van der Waals surface area contributed by atoms with E-state index in [1.165, 1.54) is 6.33 Å². The number of nitrogens with one attached hydrogen (secondary N) is 1. The van der Waals surface area contributed by atoms with Gasteiger partial charge in [-0.25, -0.2) is 13.9 Å². The van der Waals surface area contributed by atoms with E-state index in [2.05, 4.69) is 41.8 Å². The average molecular weight is 350 g/mol. The summed E-state index contributed by atoms with van der Waals surface area (Å²) in [6.45, 7) is 12.7. The standard InChI is InChI=1S/C14H29N4O2S2/c1-13(2,3)21(8)20-9-11(12-15-10-16-18(12)7)17-22(19)14(4,5)6/h10-11,17H,9H2,1-8H3/q+1/t11-,21?,22-/m1/s1. The van der Waals surface area contributed by atoms with Crippen LogP contribution in [0.2, 0.25) is 0 Å². The largest absolute Gasteiger partial charge is 0.252 e. The Morgan fingerprint density at radius 3 is 2.36 bits per heavy atom. The van der Waals surface area contributed by atoms with Crippen molar-refractivity contribution in [2.75, 3.05) is 12.9 Å². The molecule has 1 unspecified atom stereocenters. The first-order chi connectivity index (χ1) is 9.93. The van der Waals surface area contributed by atoms with E-state index in [1.807, 2.05) is 27.8 Å². The maximum Gasteiger partial charge on any atom is 0.152 e. The molecule has 8 heteroatoms. The fourth-order valence-corrected chi connectivity index (χ4v) is 2.91. The highest BCUT2D eigenvalue weighted by molar-refractivity contribution is 7.93. The Morgan fingerprint density at radius 1 is 1.36 bits per heavy atom. The molecule has 0 aliphatic heterocycles. The van der Waals surface area contributed by atoms with Gasteiger partial charge in [0.05, 0.1) is 15.7 Å². The van der Waals surface area contributed by atoms with Crippen molar-refractivity contribution in [3.05, 3.63) is 12.2 Å². The number of nitrogens with zero attached hydrogens (tertiary/aromatic N) is 3. The maximum atomic E-state index is 12.4. The van der Waals surface area contributed by atoms with Gasteiger partial charge in [0, 0.05) is 7.05 Å². The molecule has 0 saturated heterocycles. The number of aromatic nitrogens is 3. The van der Waals surface area contributed by atoms with Crippen LogP contribution in [0.1, 0.15) is 53.4 Å². The van der Waals surface area contributed by atoms with Gasteiger partial charge >= 0.3 is 0 Å². The summed E-state index contributed by atoms with van der Waals surface area (Å²) in [6, 6.07) is -0.259. The lowest BCUT2D eigenvalue weighted by Gasteiger charge is -2.24. The van der Waals surface area contributed by atoms with Crippen LogP contribution in [0.5, 0.6) is 0 Å². The van der Waals surface area contributed by atoms with E-state index in [4.69, 9.17) is 4.18 Å². The van der Waals surface area contributed by atoms with Crippen LogP contribution < -0.4 is 4.72 Å². The molecule has 0 aromatic carbocycles. The lowest BCUT2D eigenvalue weighted by Crippen LogP contribution is -2.39. The number of hydrogen-bond donors (Lipinski definition) is 1. The maximum absolute atomic E-state index is 12.4. The normalized spacial score (nSPS) is 17.3. The summed E-state index contributed by atoms with van der Waals surface area (Å²) in [5.41, 5.74) is 0. The summed E-state index contributed by atoms with van der Waals surface area (Å²) < 4.78 is 23.0. The Balaban J connectivity index is 2.85. The topological polar surface area (TPSA) is 69.0 Å². The fraction of sp³-hybridized carbons (Fsp3) is 0.857.